The van der Waals surface area contributed by atoms with Crippen LogP contribution in [-0.4, -0.2) is 37.0 Å². The van der Waals surface area contributed by atoms with E-state index < -0.39 is 6.36 Å². The SMILES string of the molecule is Cc1ccc(C(C)C)c(-n2ccs/c2=N\C(=S)N/N=C/c2ccc(-c3ncn(-c4ccc(OC(F)(F)F)cc4)n3)cc2)c1. The first-order valence-electron chi connectivity index (χ1n) is 13.1. The van der Waals surface area contributed by atoms with Crippen LogP contribution in [0, 0.1) is 6.92 Å². The van der Waals surface area contributed by atoms with Crippen molar-refractivity contribution in [1.82, 2.24) is 24.8 Å². The van der Waals surface area contributed by atoms with Crippen molar-refractivity contribution in [2.45, 2.75) is 33.1 Å². The molecule has 5 aromatic rings. The number of ether oxygens (including phenoxy) is 1. The quantitative estimate of drug-likeness (QED) is 0.121. The molecule has 220 valence electrons. The number of nitrogens with zero attached hydrogens (tertiary/aromatic N) is 6. The normalized spacial score (nSPS) is 12.3. The topological polar surface area (TPSA) is 81.6 Å². The van der Waals surface area contributed by atoms with E-state index in [0.29, 0.717) is 17.4 Å². The number of rotatable bonds is 7. The van der Waals surface area contributed by atoms with Gasteiger partial charge in [-0.05, 0) is 72.1 Å². The highest BCUT2D eigenvalue weighted by atomic mass is 32.1. The molecule has 2 aromatic heterocycles. The van der Waals surface area contributed by atoms with Gasteiger partial charge in [0.15, 0.2) is 10.6 Å². The van der Waals surface area contributed by atoms with E-state index in [0.717, 1.165) is 27.2 Å². The van der Waals surface area contributed by atoms with Gasteiger partial charge in [0.1, 0.15) is 12.1 Å². The molecule has 0 saturated carbocycles. The van der Waals surface area contributed by atoms with Gasteiger partial charge in [-0.1, -0.05) is 50.2 Å². The third-order valence-electron chi connectivity index (χ3n) is 6.22. The number of nitrogens with one attached hydrogen (secondary N) is 1. The fourth-order valence-corrected chi connectivity index (χ4v) is 5.12. The highest BCUT2D eigenvalue weighted by molar-refractivity contribution is 7.80. The lowest BCUT2D eigenvalue weighted by Gasteiger charge is -2.14. The molecule has 8 nitrogen and oxygen atoms in total. The zero-order valence-electron chi connectivity index (χ0n) is 23.3. The van der Waals surface area contributed by atoms with Crippen molar-refractivity contribution in [2.24, 2.45) is 10.1 Å². The summed E-state index contributed by atoms with van der Waals surface area (Å²) in [6.45, 7) is 6.39. The first-order chi connectivity index (χ1) is 20.6. The number of thiazole rings is 1. The summed E-state index contributed by atoms with van der Waals surface area (Å²) in [6.07, 6.45) is 0.350. The second-order valence-corrected chi connectivity index (χ2v) is 11.0. The van der Waals surface area contributed by atoms with Crippen molar-refractivity contribution in [3.8, 4) is 28.5 Å². The molecule has 5 rings (SSSR count). The average molecular weight is 622 g/mol. The molecule has 0 radical (unpaired) electrons. The summed E-state index contributed by atoms with van der Waals surface area (Å²) < 4.78 is 44.6. The largest absolute Gasteiger partial charge is 0.573 e. The third kappa shape index (κ3) is 7.62. The van der Waals surface area contributed by atoms with Crippen molar-refractivity contribution in [1.29, 1.82) is 0 Å². The standard InChI is InChI=1S/C30H26F3N7OS2/c1-19(2)25-13-4-20(3)16-26(25)39-14-15-43-29(39)36-28(42)37-35-17-21-5-7-22(8-6-21)27-34-18-40(38-27)23-9-11-24(12-10-23)41-30(31,32)33/h4-19H,1-3H3,(H,37,42)/b35-17+,36-29-. The highest BCUT2D eigenvalue weighted by Crippen LogP contribution is 2.25. The molecule has 2 heterocycles. The van der Waals surface area contributed by atoms with E-state index in [1.165, 1.54) is 52.2 Å². The Morgan fingerprint density at radius 1 is 1.07 bits per heavy atom. The number of aromatic nitrogens is 4. The van der Waals surface area contributed by atoms with Crippen LogP contribution in [0.1, 0.15) is 36.5 Å². The molecule has 0 amide bonds. The van der Waals surface area contributed by atoms with Gasteiger partial charge in [-0.25, -0.2) is 9.67 Å². The lowest BCUT2D eigenvalue weighted by molar-refractivity contribution is -0.274. The summed E-state index contributed by atoms with van der Waals surface area (Å²) in [4.78, 5) is 9.62. The minimum atomic E-state index is -4.75. The van der Waals surface area contributed by atoms with Crippen LogP contribution in [0.25, 0.3) is 22.8 Å². The van der Waals surface area contributed by atoms with Gasteiger partial charge in [0.05, 0.1) is 17.6 Å². The van der Waals surface area contributed by atoms with E-state index in [1.54, 1.807) is 6.21 Å². The lowest BCUT2D eigenvalue weighted by atomic mass is 9.99. The Kier molecular flexibility index (Phi) is 8.83. The Labute approximate surface area is 254 Å². The lowest BCUT2D eigenvalue weighted by Crippen LogP contribution is -2.21. The Hall–Kier alpha value is -4.62. The van der Waals surface area contributed by atoms with Gasteiger partial charge in [0.2, 0.25) is 5.11 Å². The maximum Gasteiger partial charge on any atom is 0.573 e. The predicted octanol–water partition coefficient (Wildman–Crippen LogP) is 6.93. The van der Waals surface area contributed by atoms with Crippen LogP contribution < -0.4 is 15.0 Å². The summed E-state index contributed by atoms with van der Waals surface area (Å²) >= 11 is 6.91. The van der Waals surface area contributed by atoms with E-state index in [2.05, 4.69) is 69.3 Å². The van der Waals surface area contributed by atoms with Crippen molar-refractivity contribution in [3.05, 3.63) is 106 Å². The van der Waals surface area contributed by atoms with Gasteiger partial charge in [0, 0.05) is 17.1 Å². The molecule has 0 spiro atoms. The molecule has 0 atom stereocenters. The molecule has 1 N–H and O–H groups in total. The van der Waals surface area contributed by atoms with Gasteiger partial charge in [-0.15, -0.1) is 29.6 Å². The smallest absolute Gasteiger partial charge is 0.406 e. The first-order valence-corrected chi connectivity index (χ1v) is 14.4. The molecular formula is C30H26F3N7OS2. The minimum absolute atomic E-state index is 0.232. The summed E-state index contributed by atoms with van der Waals surface area (Å²) in [5.74, 6) is 0.497. The second kappa shape index (κ2) is 12.7. The van der Waals surface area contributed by atoms with Crippen molar-refractivity contribution < 1.29 is 17.9 Å². The maximum absolute atomic E-state index is 12.4. The summed E-state index contributed by atoms with van der Waals surface area (Å²) in [5.41, 5.74) is 8.38. The Morgan fingerprint density at radius 2 is 1.81 bits per heavy atom. The molecule has 43 heavy (non-hydrogen) atoms. The average Bonchev–Trinajstić information content (AvgIpc) is 3.63. The molecular weight excluding hydrogens is 596 g/mol. The van der Waals surface area contributed by atoms with Gasteiger partial charge in [-0.3, -0.25) is 9.99 Å². The van der Waals surface area contributed by atoms with Crippen LogP contribution >= 0.6 is 23.6 Å². The number of alkyl halides is 3. The molecule has 0 fully saturated rings. The second-order valence-electron chi connectivity index (χ2n) is 9.74. The van der Waals surface area contributed by atoms with Crippen molar-refractivity contribution in [3.63, 3.8) is 0 Å². The zero-order valence-corrected chi connectivity index (χ0v) is 24.9. The maximum atomic E-state index is 12.4. The Balaban J connectivity index is 1.23. The van der Waals surface area contributed by atoms with Gasteiger partial charge >= 0.3 is 6.36 Å². The number of aryl methyl sites for hydroxylation is 1. The number of hydrazone groups is 1. The summed E-state index contributed by atoms with van der Waals surface area (Å²) in [6, 6.07) is 19.2. The molecule has 0 saturated heterocycles. The molecule has 0 aliphatic rings. The summed E-state index contributed by atoms with van der Waals surface area (Å²) in [7, 11) is 0. The molecule has 3 aromatic carbocycles. The Bertz CT molecular complexity index is 1820. The van der Waals surface area contributed by atoms with Crippen LogP contribution in [0.2, 0.25) is 0 Å². The molecule has 0 aliphatic carbocycles. The van der Waals surface area contributed by atoms with E-state index >= 15 is 0 Å². The van der Waals surface area contributed by atoms with E-state index in [9.17, 15) is 13.2 Å². The molecule has 0 bridgehead atoms. The molecule has 0 unspecified atom stereocenters. The van der Waals surface area contributed by atoms with Crippen molar-refractivity contribution >= 4 is 34.9 Å². The predicted molar refractivity (Wildman–Crippen MR) is 165 cm³/mol. The highest BCUT2D eigenvalue weighted by Gasteiger charge is 2.31. The van der Waals surface area contributed by atoms with Crippen LogP contribution in [0.15, 0.2) is 94.7 Å². The first kappa shape index (κ1) is 29.9. The fraction of sp³-hybridized carbons (Fsp3) is 0.167. The minimum Gasteiger partial charge on any atom is -0.406 e. The number of halogens is 3. The monoisotopic (exact) mass is 621 g/mol. The number of thiocarbonyl (C=S) groups is 1. The number of benzene rings is 3. The van der Waals surface area contributed by atoms with Gasteiger partial charge in [-0.2, -0.15) is 10.1 Å². The summed E-state index contributed by atoms with van der Waals surface area (Å²) in [5, 5.41) is 10.9. The molecule has 0 aliphatic heterocycles. The van der Waals surface area contributed by atoms with Gasteiger partial charge < -0.3 is 4.74 Å². The van der Waals surface area contributed by atoms with E-state index in [1.807, 2.05) is 40.4 Å². The van der Waals surface area contributed by atoms with Crippen LogP contribution in [-0.2, 0) is 0 Å². The molecule has 13 heteroatoms. The van der Waals surface area contributed by atoms with Crippen LogP contribution in [0.3, 0.4) is 0 Å². The fourth-order valence-electron chi connectivity index (χ4n) is 4.20. The number of hydrogen-bond acceptors (Lipinski definition) is 6. The van der Waals surface area contributed by atoms with Gasteiger partial charge in [0.25, 0.3) is 0 Å². The van der Waals surface area contributed by atoms with Crippen LogP contribution in [0.5, 0.6) is 5.75 Å². The van der Waals surface area contributed by atoms with E-state index in [4.69, 9.17) is 12.2 Å². The number of hydrogen-bond donors (Lipinski definition) is 1. The van der Waals surface area contributed by atoms with Crippen molar-refractivity contribution in [2.75, 3.05) is 0 Å². The van der Waals surface area contributed by atoms with Crippen LogP contribution in [0.4, 0.5) is 13.2 Å². The van der Waals surface area contributed by atoms with E-state index in [-0.39, 0.29) is 10.9 Å². The third-order valence-corrected chi connectivity index (χ3v) is 7.16. The Morgan fingerprint density at radius 3 is 2.51 bits per heavy atom. The zero-order chi connectivity index (χ0) is 30.6.